The highest BCUT2D eigenvalue weighted by Crippen LogP contribution is 2.24. The van der Waals surface area contributed by atoms with Gasteiger partial charge in [0.1, 0.15) is 17.4 Å². The van der Waals surface area contributed by atoms with Gasteiger partial charge in [-0.2, -0.15) is 5.26 Å². The molecule has 0 aliphatic carbocycles. The first kappa shape index (κ1) is 29.1. The lowest BCUT2D eigenvalue weighted by atomic mass is 10.1. The van der Waals surface area contributed by atoms with Gasteiger partial charge >= 0.3 is 5.97 Å². The molecule has 1 amide bonds. The number of esters is 1. The molecule has 0 heterocycles. The van der Waals surface area contributed by atoms with Gasteiger partial charge in [0.2, 0.25) is 0 Å². The van der Waals surface area contributed by atoms with Crippen molar-refractivity contribution in [1.82, 2.24) is 0 Å². The van der Waals surface area contributed by atoms with Crippen LogP contribution in [0.2, 0.25) is 5.02 Å². The third-order valence-electron chi connectivity index (χ3n) is 5.96. The minimum Gasteiger partial charge on any atom is -0.423 e. The predicted molar refractivity (Wildman–Crippen MR) is 158 cm³/mol. The van der Waals surface area contributed by atoms with E-state index >= 15 is 0 Å². The van der Waals surface area contributed by atoms with Crippen LogP contribution in [0, 0.1) is 25.2 Å². The van der Waals surface area contributed by atoms with Gasteiger partial charge in [-0.05, 0) is 97.3 Å². The van der Waals surface area contributed by atoms with Crippen LogP contribution in [0.25, 0.3) is 6.08 Å². The summed E-state index contributed by atoms with van der Waals surface area (Å²) in [5, 5.41) is 12.7. The van der Waals surface area contributed by atoms with E-state index < -0.39 is 21.9 Å². The van der Waals surface area contributed by atoms with E-state index in [0.717, 1.165) is 11.1 Å². The molecule has 4 aromatic carbocycles. The number of ether oxygens (including phenoxy) is 1. The second-order valence-electron chi connectivity index (χ2n) is 8.99. The number of sulfonamides is 1. The second-order valence-corrected chi connectivity index (χ2v) is 11.1. The molecule has 0 radical (unpaired) electrons. The molecule has 0 saturated carbocycles. The molecule has 0 aliphatic rings. The van der Waals surface area contributed by atoms with Gasteiger partial charge in [0.05, 0.1) is 16.1 Å². The summed E-state index contributed by atoms with van der Waals surface area (Å²) in [6.07, 6.45) is 1.35. The van der Waals surface area contributed by atoms with Crippen LogP contribution < -0.4 is 14.8 Å². The Morgan fingerprint density at radius 3 is 2.17 bits per heavy atom. The van der Waals surface area contributed by atoms with Crippen LogP contribution in [0.1, 0.15) is 27.0 Å². The fourth-order valence-electron chi connectivity index (χ4n) is 3.82. The largest absolute Gasteiger partial charge is 0.423 e. The Labute approximate surface area is 242 Å². The molecule has 0 bridgehead atoms. The van der Waals surface area contributed by atoms with Gasteiger partial charge < -0.3 is 10.1 Å². The fourth-order valence-corrected chi connectivity index (χ4v) is 5.15. The van der Waals surface area contributed by atoms with E-state index in [1.54, 1.807) is 30.3 Å². The molecule has 0 fully saturated rings. The molecular weight excluding hydrogens is 562 g/mol. The number of hydrogen-bond acceptors (Lipinski definition) is 6. The standard InChI is InChI=1S/C31H24ClN3O5S/c1-20-5-3-6-21(2)29(20)35-41(38,39)28-15-13-26(14-16-28)34-30(36)24(19-33)17-22-7-4-8-27(18-22)40-31(37)23-9-11-25(32)12-10-23/h3-18,35H,1-2H3,(H,34,36). The zero-order valence-corrected chi connectivity index (χ0v) is 23.6. The highest BCUT2D eigenvalue weighted by molar-refractivity contribution is 7.92. The third kappa shape index (κ3) is 7.39. The number of nitrogens with zero attached hydrogens (tertiary/aromatic N) is 1. The fraction of sp³-hybridized carbons (Fsp3) is 0.0645. The van der Waals surface area contributed by atoms with E-state index in [9.17, 15) is 23.3 Å². The van der Waals surface area contributed by atoms with Crippen LogP contribution in [-0.4, -0.2) is 20.3 Å². The lowest BCUT2D eigenvalue weighted by Gasteiger charge is -2.13. The molecule has 2 N–H and O–H groups in total. The normalized spacial score (nSPS) is 11.3. The highest BCUT2D eigenvalue weighted by atomic mass is 35.5. The van der Waals surface area contributed by atoms with Gasteiger partial charge in [-0.25, -0.2) is 13.2 Å². The molecule has 206 valence electrons. The average molecular weight is 586 g/mol. The summed E-state index contributed by atoms with van der Waals surface area (Å²) in [5.74, 6) is -1.06. The van der Waals surface area contributed by atoms with Crippen LogP contribution in [0.3, 0.4) is 0 Å². The van der Waals surface area contributed by atoms with Crippen molar-refractivity contribution in [3.8, 4) is 11.8 Å². The maximum absolute atomic E-state index is 12.9. The first-order valence-electron chi connectivity index (χ1n) is 12.3. The molecule has 8 nitrogen and oxygen atoms in total. The summed E-state index contributed by atoms with van der Waals surface area (Å²) in [4.78, 5) is 25.2. The highest BCUT2D eigenvalue weighted by Gasteiger charge is 2.17. The van der Waals surface area contributed by atoms with E-state index in [1.807, 2.05) is 38.1 Å². The van der Waals surface area contributed by atoms with E-state index in [4.69, 9.17) is 16.3 Å². The molecule has 0 atom stereocenters. The molecule has 4 aromatic rings. The van der Waals surface area contributed by atoms with Gasteiger partial charge in [-0.3, -0.25) is 9.52 Å². The number of aryl methyl sites for hydroxylation is 2. The van der Waals surface area contributed by atoms with Gasteiger partial charge in [-0.1, -0.05) is 41.9 Å². The van der Waals surface area contributed by atoms with Crippen molar-refractivity contribution in [2.24, 2.45) is 0 Å². The topological polar surface area (TPSA) is 125 Å². The summed E-state index contributed by atoms with van der Waals surface area (Å²) in [5.41, 5.74) is 2.95. The number of amides is 1. The summed E-state index contributed by atoms with van der Waals surface area (Å²) < 4.78 is 33.8. The molecular formula is C31H24ClN3O5S. The van der Waals surface area contributed by atoms with Crippen molar-refractivity contribution in [3.05, 3.63) is 124 Å². The molecule has 0 unspecified atom stereocenters. The molecule has 10 heteroatoms. The summed E-state index contributed by atoms with van der Waals surface area (Å²) in [6.45, 7) is 3.63. The van der Waals surface area contributed by atoms with Crippen molar-refractivity contribution in [3.63, 3.8) is 0 Å². The van der Waals surface area contributed by atoms with Gasteiger partial charge in [0, 0.05) is 10.7 Å². The minimum absolute atomic E-state index is 0.0131. The molecule has 0 saturated heterocycles. The van der Waals surface area contributed by atoms with E-state index in [1.165, 1.54) is 48.5 Å². The number of nitriles is 1. The zero-order chi connectivity index (χ0) is 29.6. The summed E-state index contributed by atoms with van der Waals surface area (Å²) in [7, 11) is -3.87. The van der Waals surface area contributed by atoms with Crippen LogP contribution in [-0.2, 0) is 14.8 Å². The number of carbonyl (C=O) groups excluding carboxylic acids is 2. The number of carbonyl (C=O) groups is 2. The average Bonchev–Trinajstić information content (AvgIpc) is 2.94. The van der Waals surface area contributed by atoms with E-state index in [-0.39, 0.29) is 16.2 Å². The lowest BCUT2D eigenvalue weighted by molar-refractivity contribution is -0.112. The third-order valence-corrected chi connectivity index (χ3v) is 7.58. The molecule has 0 aliphatic heterocycles. The minimum atomic E-state index is -3.87. The molecule has 0 aromatic heterocycles. The van der Waals surface area contributed by atoms with Crippen molar-refractivity contribution in [2.45, 2.75) is 18.7 Å². The number of halogens is 1. The van der Waals surface area contributed by atoms with Crippen molar-refractivity contribution in [1.29, 1.82) is 5.26 Å². The summed E-state index contributed by atoms with van der Waals surface area (Å²) in [6, 6.07) is 25.5. The Balaban J connectivity index is 1.45. The second kappa shape index (κ2) is 12.5. The number of nitrogens with one attached hydrogen (secondary N) is 2. The van der Waals surface area contributed by atoms with Gasteiger partial charge in [-0.15, -0.1) is 0 Å². The maximum atomic E-state index is 12.9. The van der Waals surface area contributed by atoms with Crippen LogP contribution in [0.4, 0.5) is 11.4 Å². The maximum Gasteiger partial charge on any atom is 0.343 e. The van der Waals surface area contributed by atoms with Crippen molar-refractivity contribution >= 4 is 51.0 Å². The van der Waals surface area contributed by atoms with E-state index in [2.05, 4.69) is 10.0 Å². The summed E-state index contributed by atoms with van der Waals surface area (Å²) >= 11 is 5.85. The van der Waals surface area contributed by atoms with Gasteiger partial charge in [0.25, 0.3) is 15.9 Å². The van der Waals surface area contributed by atoms with Crippen LogP contribution >= 0.6 is 11.6 Å². The van der Waals surface area contributed by atoms with Crippen LogP contribution in [0.15, 0.2) is 101 Å². The molecule has 0 spiro atoms. The molecule has 4 rings (SSSR count). The number of rotatable bonds is 8. The Morgan fingerprint density at radius 2 is 1.54 bits per heavy atom. The Hall–Kier alpha value is -4.91. The first-order chi connectivity index (χ1) is 19.6. The Kier molecular flexibility index (Phi) is 8.87. The number of anilines is 2. The van der Waals surface area contributed by atoms with Gasteiger partial charge in [0.15, 0.2) is 0 Å². The lowest BCUT2D eigenvalue weighted by Crippen LogP contribution is -2.16. The first-order valence-corrected chi connectivity index (χ1v) is 14.1. The quantitative estimate of drug-likeness (QED) is 0.105. The number of benzene rings is 4. The Bertz CT molecular complexity index is 1770. The predicted octanol–water partition coefficient (Wildman–Crippen LogP) is 6.52. The van der Waals surface area contributed by atoms with E-state index in [0.29, 0.717) is 27.5 Å². The monoisotopic (exact) mass is 585 g/mol. The Morgan fingerprint density at radius 1 is 0.902 bits per heavy atom. The zero-order valence-electron chi connectivity index (χ0n) is 22.0. The number of para-hydroxylation sites is 1. The number of hydrogen-bond donors (Lipinski definition) is 2. The molecule has 41 heavy (non-hydrogen) atoms. The van der Waals surface area contributed by atoms with Crippen LogP contribution in [0.5, 0.6) is 5.75 Å². The smallest absolute Gasteiger partial charge is 0.343 e. The van der Waals surface area contributed by atoms with Crippen molar-refractivity contribution < 1.29 is 22.7 Å². The SMILES string of the molecule is Cc1cccc(C)c1NS(=O)(=O)c1ccc(NC(=O)C(C#N)=Cc2cccc(OC(=O)c3ccc(Cl)cc3)c2)cc1. The van der Waals surface area contributed by atoms with Crippen molar-refractivity contribution in [2.75, 3.05) is 10.0 Å².